The van der Waals surface area contributed by atoms with Crippen LogP contribution in [0.4, 0.5) is 52.7 Å². The summed E-state index contributed by atoms with van der Waals surface area (Å²) in [5.74, 6) is -8.33. The largest absolute Gasteiger partial charge is 0.403 e. The summed E-state index contributed by atoms with van der Waals surface area (Å²) in [7, 11) is 0. The Balaban J connectivity index is 1.86. The Bertz CT molecular complexity index is 785. The molecule has 0 nitrogen and oxygen atoms in total. The molecular weight excluding hydrogens is 480 g/mol. The van der Waals surface area contributed by atoms with Crippen LogP contribution >= 0.6 is 0 Å². The van der Waals surface area contributed by atoms with E-state index in [1.54, 1.807) is 12.2 Å². The maximum atomic E-state index is 14.0. The van der Waals surface area contributed by atoms with Gasteiger partial charge in [-0.05, 0) is 80.5 Å². The highest BCUT2D eigenvalue weighted by molar-refractivity contribution is 5.24. The molecule has 4 aliphatic carbocycles. The van der Waals surface area contributed by atoms with Crippen molar-refractivity contribution in [1.82, 2.24) is 0 Å². The van der Waals surface area contributed by atoms with Gasteiger partial charge in [0.15, 0.2) is 10.8 Å². The minimum atomic E-state index is -5.89. The van der Waals surface area contributed by atoms with E-state index in [4.69, 9.17) is 0 Å². The van der Waals surface area contributed by atoms with Crippen LogP contribution in [0.15, 0.2) is 12.2 Å². The SMILES string of the molecule is CC(CC1C2CC(C3C4C=CC(C4)C23)C1C(C)(C(F)(F)F)C(F)(F)F)(C(F)(F)F)C(F)(F)F. The molecule has 190 valence electrons. The van der Waals surface area contributed by atoms with Gasteiger partial charge in [-0.2, -0.15) is 52.7 Å². The van der Waals surface area contributed by atoms with E-state index >= 15 is 0 Å². The van der Waals surface area contributed by atoms with Gasteiger partial charge in [0.2, 0.25) is 0 Å². The van der Waals surface area contributed by atoms with Crippen molar-refractivity contribution in [2.24, 2.45) is 58.2 Å². The molecule has 4 rings (SSSR count). The van der Waals surface area contributed by atoms with E-state index < -0.39 is 77.5 Å². The van der Waals surface area contributed by atoms with Gasteiger partial charge in [-0.1, -0.05) is 12.2 Å². The van der Waals surface area contributed by atoms with Crippen LogP contribution in [-0.2, 0) is 0 Å². The average molecular weight is 502 g/mol. The van der Waals surface area contributed by atoms with Crippen LogP contribution in [0.3, 0.4) is 0 Å². The molecule has 3 fully saturated rings. The van der Waals surface area contributed by atoms with Crippen LogP contribution in [0.25, 0.3) is 0 Å². The topological polar surface area (TPSA) is 0 Å². The highest BCUT2D eigenvalue weighted by Gasteiger charge is 2.80. The van der Waals surface area contributed by atoms with Gasteiger partial charge in [0, 0.05) is 0 Å². The molecule has 8 atom stereocenters. The van der Waals surface area contributed by atoms with E-state index in [0.29, 0.717) is 6.42 Å². The van der Waals surface area contributed by atoms with E-state index in [1.165, 1.54) is 0 Å². The second-order valence-electron chi connectivity index (χ2n) is 10.6. The molecular formula is C21H22F12. The molecule has 0 aromatic rings. The van der Waals surface area contributed by atoms with Gasteiger partial charge in [0.25, 0.3) is 0 Å². The molecule has 8 unspecified atom stereocenters. The summed E-state index contributed by atoms with van der Waals surface area (Å²) in [6, 6.07) is 0. The van der Waals surface area contributed by atoms with E-state index in [2.05, 4.69) is 0 Å². The fourth-order valence-corrected chi connectivity index (χ4v) is 7.70. The van der Waals surface area contributed by atoms with Crippen LogP contribution in [0.1, 0.15) is 33.1 Å². The van der Waals surface area contributed by atoms with E-state index in [-0.39, 0.29) is 32.1 Å². The van der Waals surface area contributed by atoms with Crippen molar-refractivity contribution in [2.75, 3.05) is 0 Å². The molecule has 33 heavy (non-hydrogen) atoms. The monoisotopic (exact) mass is 502 g/mol. The lowest BCUT2D eigenvalue weighted by atomic mass is 9.54. The molecule has 0 saturated heterocycles. The highest BCUT2D eigenvalue weighted by atomic mass is 19.4. The average Bonchev–Trinajstić information content (AvgIpc) is 3.35. The minimum Gasteiger partial charge on any atom is -0.170 e. The maximum absolute atomic E-state index is 14.0. The summed E-state index contributed by atoms with van der Waals surface area (Å²) in [5, 5.41) is 0. The first-order valence-electron chi connectivity index (χ1n) is 10.6. The molecule has 0 aliphatic heterocycles. The van der Waals surface area contributed by atoms with Crippen LogP contribution in [0, 0.1) is 58.2 Å². The van der Waals surface area contributed by atoms with E-state index in [1.807, 2.05) is 0 Å². The first-order valence-corrected chi connectivity index (χ1v) is 10.6. The number of halogens is 12. The number of allylic oxidation sites excluding steroid dienone is 2. The Kier molecular flexibility index (Phi) is 5.13. The minimum absolute atomic E-state index is 0.0953. The second-order valence-corrected chi connectivity index (χ2v) is 10.6. The predicted molar refractivity (Wildman–Crippen MR) is 91.3 cm³/mol. The lowest BCUT2D eigenvalue weighted by molar-refractivity contribution is -0.370. The Morgan fingerprint density at radius 2 is 1.03 bits per heavy atom. The van der Waals surface area contributed by atoms with Crippen molar-refractivity contribution in [3.63, 3.8) is 0 Å². The van der Waals surface area contributed by atoms with Gasteiger partial charge in [-0.3, -0.25) is 0 Å². The van der Waals surface area contributed by atoms with Crippen molar-refractivity contribution < 1.29 is 52.7 Å². The summed E-state index contributed by atoms with van der Waals surface area (Å²) in [4.78, 5) is 0. The molecule has 4 aliphatic rings. The predicted octanol–water partition coefficient (Wildman–Crippen LogP) is 7.96. The second kappa shape index (κ2) is 6.77. The molecule has 0 aromatic heterocycles. The van der Waals surface area contributed by atoms with Crippen LogP contribution in [0.5, 0.6) is 0 Å². The lowest BCUT2D eigenvalue weighted by Gasteiger charge is -2.52. The zero-order valence-electron chi connectivity index (χ0n) is 17.4. The summed E-state index contributed by atoms with van der Waals surface area (Å²) in [6.45, 7) is -0.255. The molecule has 0 amide bonds. The van der Waals surface area contributed by atoms with Gasteiger partial charge in [0.1, 0.15) is 0 Å². The summed E-state index contributed by atoms with van der Waals surface area (Å²) < 4.78 is 166. The number of alkyl halides is 12. The van der Waals surface area contributed by atoms with Crippen LogP contribution in [0.2, 0.25) is 0 Å². The van der Waals surface area contributed by atoms with Crippen molar-refractivity contribution in [1.29, 1.82) is 0 Å². The van der Waals surface area contributed by atoms with Crippen molar-refractivity contribution in [3.8, 4) is 0 Å². The van der Waals surface area contributed by atoms with Gasteiger partial charge in [-0.15, -0.1) is 0 Å². The molecule has 0 radical (unpaired) electrons. The Morgan fingerprint density at radius 1 is 0.606 bits per heavy atom. The zero-order valence-corrected chi connectivity index (χ0v) is 17.4. The van der Waals surface area contributed by atoms with Crippen molar-refractivity contribution in [2.45, 2.75) is 57.8 Å². The third-order valence-electron chi connectivity index (χ3n) is 9.33. The Labute approximate surface area is 181 Å². The van der Waals surface area contributed by atoms with Crippen LogP contribution < -0.4 is 0 Å². The van der Waals surface area contributed by atoms with Gasteiger partial charge < -0.3 is 0 Å². The van der Waals surface area contributed by atoms with Crippen molar-refractivity contribution in [3.05, 3.63) is 12.2 Å². The fraction of sp³-hybridized carbons (Fsp3) is 0.905. The van der Waals surface area contributed by atoms with Gasteiger partial charge in [-0.25, -0.2) is 0 Å². The van der Waals surface area contributed by atoms with E-state index in [9.17, 15) is 52.7 Å². The summed E-state index contributed by atoms with van der Waals surface area (Å²) in [5.41, 5.74) is -8.84. The van der Waals surface area contributed by atoms with Gasteiger partial charge >= 0.3 is 24.7 Å². The third kappa shape index (κ3) is 3.12. The lowest BCUT2D eigenvalue weighted by Crippen LogP contribution is -2.59. The number of rotatable bonds is 3. The third-order valence-corrected chi connectivity index (χ3v) is 9.33. The molecule has 12 heteroatoms. The standard InChI is InChI=1S/C21H22F12/c1-16(18(22,23)24,19(25,26)27)7-12-10-6-11(14-9-4-3-8(5-9)13(10)14)15(12)17(2,20(28,29)30)21(31,32)33/h3-4,8-15H,5-7H2,1-2H3. The van der Waals surface area contributed by atoms with Crippen LogP contribution in [-0.4, -0.2) is 24.7 Å². The molecule has 4 bridgehead atoms. The van der Waals surface area contributed by atoms with Crippen molar-refractivity contribution >= 4 is 0 Å². The number of hydrogen-bond donors (Lipinski definition) is 0. The molecule has 0 N–H and O–H groups in total. The number of hydrogen-bond acceptors (Lipinski definition) is 0. The normalized spacial score (nSPS) is 39.0. The Morgan fingerprint density at radius 3 is 1.42 bits per heavy atom. The summed E-state index contributed by atoms with van der Waals surface area (Å²) >= 11 is 0. The first kappa shape index (κ1) is 25.0. The zero-order chi connectivity index (χ0) is 25.2. The van der Waals surface area contributed by atoms with Gasteiger partial charge in [0.05, 0.1) is 0 Å². The quantitative estimate of drug-likeness (QED) is 0.209. The smallest absolute Gasteiger partial charge is 0.170 e. The Hall–Kier alpha value is -1.10. The molecule has 0 spiro atoms. The molecule has 0 heterocycles. The maximum Gasteiger partial charge on any atom is 0.403 e. The first-order chi connectivity index (χ1) is 14.7. The molecule has 3 saturated carbocycles. The molecule has 0 aromatic carbocycles. The highest BCUT2D eigenvalue weighted by Crippen LogP contribution is 2.76. The number of fused-ring (bicyclic) bond motifs is 9. The summed E-state index contributed by atoms with van der Waals surface area (Å²) in [6.07, 6.45) is -21.7. The van der Waals surface area contributed by atoms with E-state index in [0.717, 1.165) is 0 Å². The fourth-order valence-electron chi connectivity index (χ4n) is 7.70.